The Morgan fingerprint density at radius 2 is 1.82 bits per heavy atom. The van der Waals surface area contributed by atoms with Crippen LogP contribution in [0, 0.1) is 11.8 Å². The maximum absolute atomic E-state index is 14.5. The summed E-state index contributed by atoms with van der Waals surface area (Å²) in [5, 5.41) is 9.27. The first-order valence-corrected chi connectivity index (χ1v) is 15.2. The fourth-order valence-electron chi connectivity index (χ4n) is 7.12. The van der Waals surface area contributed by atoms with Crippen LogP contribution in [-0.2, 0) is 19.1 Å². The van der Waals surface area contributed by atoms with Crippen molar-refractivity contribution in [2.24, 2.45) is 11.8 Å². The topological polar surface area (TPSA) is 93.6 Å². The lowest BCUT2D eigenvalue weighted by Gasteiger charge is -2.38. The number of carbonyl (C=O) groups is 3. The second-order valence-electron chi connectivity index (χ2n) is 11.6. The van der Waals surface area contributed by atoms with Gasteiger partial charge in [-0.05, 0) is 39.0 Å². The van der Waals surface area contributed by atoms with Crippen molar-refractivity contribution in [2.75, 3.05) is 72.7 Å². The summed E-state index contributed by atoms with van der Waals surface area (Å²) in [6.07, 6.45) is 7.16. The van der Waals surface area contributed by atoms with Crippen LogP contribution in [0.15, 0.2) is 25.3 Å². The molecule has 0 aliphatic carbocycles. The number of likely N-dealkylation sites (tertiary alicyclic amines) is 1. The maximum atomic E-state index is 14.5. The highest BCUT2D eigenvalue weighted by atomic mass is 32.2. The van der Waals surface area contributed by atoms with E-state index in [2.05, 4.69) is 25.0 Å². The number of thioether (sulfide) groups is 1. The average molecular weight is 563 g/mol. The minimum Gasteiger partial charge on any atom is -0.396 e. The molecule has 4 rings (SSSR count). The van der Waals surface area contributed by atoms with Crippen LogP contribution in [0.25, 0.3) is 0 Å². The van der Waals surface area contributed by atoms with Crippen LogP contribution in [0.2, 0.25) is 0 Å². The van der Waals surface area contributed by atoms with Gasteiger partial charge in [0.2, 0.25) is 17.7 Å². The Balaban J connectivity index is 1.64. The van der Waals surface area contributed by atoms with Crippen LogP contribution in [-0.4, -0.2) is 131 Å². The Kier molecular flexibility index (Phi) is 9.83. The number of morpholine rings is 1. The monoisotopic (exact) mass is 562 g/mol. The van der Waals surface area contributed by atoms with Crippen molar-refractivity contribution in [3.63, 3.8) is 0 Å². The Hall–Kier alpha value is -1.88. The Bertz CT molecular complexity index is 943. The van der Waals surface area contributed by atoms with Crippen LogP contribution in [0.5, 0.6) is 0 Å². The molecule has 10 heteroatoms. The van der Waals surface area contributed by atoms with Gasteiger partial charge >= 0.3 is 0 Å². The fourth-order valence-corrected chi connectivity index (χ4v) is 9.46. The van der Waals surface area contributed by atoms with Crippen LogP contribution >= 0.6 is 11.8 Å². The molecular formula is C29H46N4O5S. The van der Waals surface area contributed by atoms with Gasteiger partial charge in [0.05, 0.1) is 29.8 Å². The number of hydrogen-bond donors (Lipinski definition) is 1. The predicted octanol–water partition coefficient (Wildman–Crippen LogP) is 1.62. The third kappa shape index (κ3) is 5.67. The van der Waals surface area contributed by atoms with E-state index in [-0.39, 0.29) is 29.1 Å². The minimum absolute atomic E-state index is 0.0339. The van der Waals surface area contributed by atoms with E-state index in [0.29, 0.717) is 52.2 Å². The molecule has 4 heterocycles. The zero-order valence-electron chi connectivity index (χ0n) is 23.7. The molecule has 0 aromatic carbocycles. The molecule has 2 bridgehead atoms. The molecule has 4 fully saturated rings. The third-order valence-electron chi connectivity index (χ3n) is 9.06. The van der Waals surface area contributed by atoms with Gasteiger partial charge in [0.25, 0.3) is 0 Å². The Morgan fingerprint density at radius 3 is 2.49 bits per heavy atom. The van der Waals surface area contributed by atoms with Crippen molar-refractivity contribution in [3.05, 3.63) is 25.3 Å². The van der Waals surface area contributed by atoms with E-state index in [1.165, 1.54) is 0 Å². The van der Waals surface area contributed by atoms with Crippen molar-refractivity contribution in [1.29, 1.82) is 0 Å². The van der Waals surface area contributed by atoms with Crippen LogP contribution < -0.4 is 0 Å². The van der Waals surface area contributed by atoms with Gasteiger partial charge in [0.1, 0.15) is 6.04 Å². The molecule has 0 aromatic rings. The molecule has 4 aliphatic rings. The quantitative estimate of drug-likeness (QED) is 0.254. The second kappa shape index (κ2) is 12.7. The van der Waals surface area contributed by atoms with Gasteiger partial charge in [0.15, 0.2) is 0 Å². The van der Waals surface area contributed by atoms with Gasteiger partial charge in [-0.25, -0.2) is 0 Å². The summed E-state index contributed by atoms with van der Waals surface area (Å²) < 4.78 is 4.48. The first-order valence-electron chi connectivity index (χ1n) is 14.4. The minimum atomic E-state index is -0.617. The largest absolute Gasteiger partial charge is 0.396 e. The molecule has 218 valence electrons. The summed E-state index contributed by atoms with van der Waals surface area (Å²) in [5.41, 5.74) is 0. The van der Waals surface area contributed by atoms with E-state index in [1.807, 2.05) is 4.90 Å². The Morgan fingerprint density at radius 1 is 1.10 bits per heavy atom. The number of carbonyl (C=O) groups excluding carboxylic acids is 3. The number of aliphatic hydroxyl groups is 1. The number of fused-ring (bicyclic) bond motifs is 1. The number of nitrogens with zero attached hydrogens (tertiary/aromatic N) is 4. The molecular weight excluding hydrogens is 516 g/mol. The number of aliphatic hydroxyl groups excluding tert-OH is 1. The lowest BCUT2D eigenvalue weighted by Crippen LogP contribution is -2.56. The lowest BCUT2D eigenvalue weighted by atomic mass is 9.66. The predicted molar refractivity (Wildman–Crippen MR) is 153 cm³/mol. The smallest absolute Gasteiger partial charge is 0.247 e. The zero-order valence-corrected chi connectivity index (χ0v) is 24.5. The summed E-state index contributed by atoms with van der Waals surface area (Å²) in [7, 11) is 1.77. The average Bonchev–Trinajstić information content (AvgIpc) is 3.49. The van der Waals surface area contributed by atoms with E-state index in [9.17, 15) is 19.5 Å². The van der Waals surface area contributed by atoms with Crippen molar-refractivity contribution >= 4 is 29.5 Å². The number of rotatable bonds is 14. The molecule has 0 radical (unpaired) electrons. The molecule has 2 unspecified atom stereocenters. The van der Waals surface area contributed by atoms with Crippen molar-refractivity contribution < 1.29 is 24.2 Å². The number of unbranched alkanes of at least 4 members (excludes halogenated alkanes) is 2. The molecule has 0 aromatic heterocycles. The van der Waals surface area contributed by atoms with E-state index in [0.717, 1.165) is 38.9 Å². The van der Waals surface area contributed by atoms with E-state index in [4.69, 9.17) is 4.74 Å². The first-order chi connectivity index (χ1) is 18.7. The maximum Gasteiger partial charge on any atom is 0.247 e. The molecule has 1 N–H and O–H groups in total. The molecule has 0 saturated carbocycles. The number of amides is 3. The zero-order chi connectivity index (χ0) is 28.2. The number of ether oxygens (including phenoxy) is 1. The highest BCUT2D eigenvalue weighted by molar-refractivity contribution is 8.02. The normalized spacial score (nSPS) is 31.8. The third-order valence-corrected chi connectivity index (χ3v) is 11.0. The standard InChI is InChI=1S/C29H46N4O5S/c1-5-12-30(4)25(35)22-23-26(36)33(14-8-7-9-19-34)24(29(23)11-10-28(22,3)39-29)27(37)32(13-6-2)16-15-31-17-20-38-21-18-31/h5-6,22-24,34H,1-2,7-21H2,3-4H3/t22-,23-,24?,28+,29?/m0/s1. The van der Waals surface area contributed by atoms with Crippen LogP contribution in [0.3, 0.4) is 0 Å². The van der Waals surface area contributed by atoms with E-state index in [1.54, 1.807) is 40.8 Å². The van der Waals surface area contributed by atoms with Crippen molar-refractivity contribution in [3.8, 4) is 0 Å². The van der Waals surface area contributed by atoms with Crippen LogP contribution in [0.1, 0.15) is 39.0 Å². The van der Waals surface area contributed by atoms with Crippen LogP contribution in [0.4, 0.5) is 0 Å². The van der Waals surface area contributed by atoms with Gasteiger partial charge < -0.3 is 24.5 Å². The van der Waals surface area contributed by atoms with Gasteiger partial charge in [-0.1, -0.05) is 12.2 Å². The molecule has 5 atom stereocenters. The van der Waals surface area contributed by atoms with E-state index < -0.39 is 22.6 Å². The SMILES string of the molecule is C=CCN(C)C(=O)[C@@H]1[C@H]2C(=O)N(CCCCCO)C(C(=O)N(CC=C)CCN3CCOCC3)C23CC[C@@]1(C)S3. The Labute approximate surface area is 237 Å². The van der Waals surface area contributed by atoms with Gasteiger partial charge in [-0.2, -0.15) is 0 Å². The second-order valence-corrected chi connectivity index (χ2v) is 13.5. The summed E-state index contributed by atoms with van der Waals surface area (Å²) in [6.45, 7) is 15.6. The first kappa shape index (κ1) is 30.1. The molecule has 1 spiro atoms. The molecule has 4 aliphatic heterocycles. The summed E-state index contributed by atoms with van der Waals surface area (Å²) >= 11 is 1.72. The highest BCUT2D eigenvalue weighted by Crippen LogP contribution is 2.71. The van der Waals surface area contributed by atoms with Crippen molar-refractivity contribution in [1.82, 2.24) is 19.6 Å². The van der Waals surface area contributed by atoms with Gasteiger partial charge in [0, 0.05) is 64.2 Å². The molecule has 4 saturated heterocycles. The molecule has 9 nitrogen and oxygen atoms in total. The van der Waals surface area contributed by atoms with Gasteiger partial charge in [-0.15, -0.1) is 24.9 Å². The van der Waals surface area contributed by atoms with Crippen molar-refractivity contribution in [2.45, 2.75) is 54.6 Å². The van der Waals surface area contributed by atoms with Gasteiger partial charge in [-0.3, -0.25) is 19.3 Å². The fraction of sp³-hybridized carbons (Fsp3) is 0.759. The molecule has 39 heavy (non-hydrogen) atoms. The summed E-state index contributed by atoms with van der Waals surface area (Å²) in [6, 6.07) is -0.608. The highest BCUT2D eigenvalue weighted by Gasteiger charge is 2.77. The number of hydrogen-bond acceptors (Lipinski definition) is 7. The van der Waals surface area contributed by atoms with E-state index >= 15 is 0 Å². The summed E-state index contributed by atoms with van der Waals surface area (Å²) in [5.74, 6) is -1.12. The lowest BCUT2D eigenvalue weighted by molar-refractivity contribution is -0.145. The molecule has 3 amide bonds. The number of likely N-dealkylation sites (N-methyl/N-ethyl adjacent to an activating group) is 1. The summed E-state index contributed by atoms with van der Waals surface area (Å²) in [4.78, 5) is 50.1.